The van der Waals surface area contributed by atoms with E-state index in [-0.39, 0.29) is 5.91 Å². The topological polar surface area (TPSA) is 75.1 Å². The Kier molecular flexibility index (Phi) is 4.80. The minimum absolute atomic E-state index is 0.135. The minimum Gasteiger partial charge on any atom is -0.337 e. The van der Waals surface area contributed by atoms with Crippen LogP contribution in [0.2, 0.25) is 0 Å². The SMILES string of the molecule is CC(C)N(C)CC(=O)N1CCc2ncnc(-c3cncnc3)c2C1. The van der Waals surface area contributed by atoms with Crippen molar-refractivity contribution in [2.24, 2.45) is 0 Å². The largest absolute Gasteiger partial charge is 0.337 e. The van der Waals surface area contributed by atoms with Crippen LogP contribution in [0.3, 0.4) is 0 Å². The van der Waals surface area contributed by atoms with Gasteiger partial charge in [-0.1, -0.05) is 0 Å². The quantitative estimate of drug-likeness (QED) is 0.839. The fourth-order valence-electron chi connectivity index (χ4n) is 2.72. The molecule has 7 nitrogen and oxygen atoms in total. The van der Waals surface area contributed by atoms with Crippen molar-refractivity contribution in [3.05, 3.63) is 36.3 Å². The number of likely N-dealkylation sites (N-methyl/N-ethyl adjacent to an activating group) is 1. The van der Waals surface area contributed by atoms with Crippen LogP contribution in [0.4, 0.5) is 0 Å². The Hall–Kier alpha value is -2.41. The fourth-order valence-corrected chi connectivity index (χ4v) is 2.72. The van der Waals surface area contributed by atoms with E-state index in [0.717, 1.165) is 28.9 Å². The molecule has 0 unspecified atom stereocenters. The molecule has 1 aliphatic heterocycles. The first kappa shape index (κ1) is 16.4. The van der Waals surface area contributed by atoms with Crippen molar-refractivity contribution in [1.29, 1.82) is 0 Å². The van der Waals surface area contributed by atoms with Gasteiger partial charge in [-0.05, 0) is 20.9 Å². The third-order valence-electron chi connectivity index (χ3n) is 4.46. The van der Waals surface area contributed by atoms with Gasteiger partial charge in [-0.15, -0.1) is 0 Å². The molecule has 7 heteroatoms. The van der Waals surface area contributed by atoms with Gasteiger partial charge in [-0.25, -0.2) is 19.9 Å². The van der Waals surface area contributed by atoms with Gasteiger partial charge < -0.3 is 4.90 Å². The number of carbonyl (C=O) groups excluding carboxylic acids is 1. The fraction of sp³-hybridized carbons (Fsp3) is 0.471. The van der Waals surface area contributed by atoms with Gasteiger partial charge in [-0.3, -0.25) is 9.69 Å². The predicted molar refractivity (Wildman–Crippen MR) is 89.9 cm³/mol. The molecule has 2 aromatic heterocycles. The molecule has 0 aromatic carbocycles. The summed E-state index contributed by atoms with van der Waals surface area (Å²) >= 11 is 0. The molecular weight excluding hydrogens is 304 g/mol. The van der Waals surface area contributed by atoms with Gasteiger partial charge in [0.1, 0.15) is 12.7 Å². The molecule has 0 N–H and O–H groups in total. The van der Waals surface area contributed by atoms with Crippen LogP contribution in [0.1, 0.15) is 25.1 Å². The molecule has 3 heterocycles. The van der Waals surface area contributed by atoms with Gasteiger partial charge >= 0.3 is 0 Å². The van der Waals surface area contributed by atoms with Gasteiger partial charge in [0.15, 0.2) is 0 Å². The van der Waals surface area contributed by atoms with Crippen molar-refractivity contribution in [2.45, 2.75) is 32.9 Å². The van der Waals surface area contributed by atoms with E-state index in [1.165, 1.54) is 6.33 Å². The lowest BCUT2D eigenvalue weighted by molar-refractivity contribution is -0.133. The van der Waals surface area contributed by atoms with Gasteiger partial charge in [-0.2, -0.15) is 0 Å². The third kappa shape index (κ3) is 3.41. The Balaban J connectivity index is 1.83. The number of amides is 1. The van der Waals surface area contributed by atoms with Crippen LogP contribution in [-0.4, -0.2) is 61.8 Å². The van der Waals surface area contributed by atoms with Gasteiger partial charge in [0.2, 0.25) is 5.91 Å². The van der Waals surface area contributed by atoms with Crippen LogP contribution in [-0.2, 0) is 17.8 Å². The Morgan fingerprint density at radius 2 is 2.00 bits per heavy atom. The molecule has 1 amide bonds. The summed E-state index contributed by atoms with van der Waals surface area (Å²) in [5.74, 6) is 0.135. The minimum atomic E-state index is 0.135. The number of aromatic nitrogens is 4. The maximum atomic E-state index is 12.6. The van der Waals surface area contributed by atoms with Crippen molar-refractivity contribution in [2.75, 3.05) is 20.1 Å². The average molecular weight is 326 g/mol. The standard InChI is InChI=1S/C17H22N6O/c1-12(2)22(3)9-16(24)23-5-4-15-14(8-23)17(21-11-20-15)13-6-18-10-19-7-13/h6-7,10-12H,4-5,8-9H2,1-3H3. The summed E-state index contributed by atoms with van der Waals surface area (Å²) in [6.07, 6.45) is 7.29. The zero-order chi connectivity index (χ0) is 17.1. The zero-order valence-corrected chi connectivity index (χ0v) is 14.3. The number of rotatable bonds is 4. The van der Waals surface area contributed by atoms with E-state index < -0.39 is 0 Å². The van der Waals surface area contributed by atoms with Crippen LogP contribution < -0.4 is 0 Å². The summed E-state index contributed by atoms with van der Waals surface area (Å²) < 4.78 is 0. The van der Waals surface area contributed by atoms with Crippen LogP contribution >= 0.6 is 0 Å². The zero-order valence-electron chi connectivity index (χ0n) is 14.3. The van der Waals surface area contributed by atoms with Gasteiger partial charge in [0.05, 0.1) is 17.9 Å². The Morgan fingerprint density at radius 1 is 1.25 bits per heavy atom. The molecule has 0 radical (unpaired) electrons. The molecule has 0 saturated heterocycles. The Morgan fingerprint density at radius 3 is 2.71 bits per heavy atom. The number of hydrogen-bond donors (Lipinski definition) is 0. The van der Waals surface area contributed by atoms with Crippen LogP contribution in [0.15, 0.2) is 25.0 Å². The summed E-state index contributed by atoms with van der Waals surface area (Å²) in [6, 6.07) is 0.339. The summed E-state index contributed by atoms with van der Waals surface area (Å²) in [5.41, 5.74) is 3.67. The molecular formula is C17H22N6O. The number of carbonyl (C=O) groups is 1. The maximum absolute atomic E-state index is 12.6. The highest BCUT2D eigenvalue weighted by Gasteiger charge is 2.25. The van der Waals surface area contributed by atoms with Crippen molar-refractivity contribution >= 4 is 5.91 Å². The number of hydrogen-bond acceptors (Lipinski definition) is 6. The van der Waals surface area contributed by atoms with Crippen LogP contribution in [0, 0.1) is 0 Å². The van der Waals surface area contributed by atoms with E-state index in [1.807, 2.05) is 16.8 Å². The van der Waals surface area contributed by atoms with E-state index in [4.69, 9.17) is 0 Å². The lowest BCUT2D eigenvalue weighted by Crippen LogP contribution is -2.43. The predicted octanol–water partition coefficient (Wildman–Crippen LogP) is 1.16. The summed E-state index contributed by atoms with van der Waals surface area (Å²) in [7, 11) is 1.97. The second-order valence-electron chi connectivity index (χ2n) is 6.35. The summed E-state index contributed by atoms with van der Waals surface area (Å²) in [5, 5.41) is 0. The van der Waals surface area contributed by atoms with Crippen LogP contribution in [0.5, 0.6) is 0 Å². The molecule has 0 aliphatic carbocycles. The lowest BCUT2D eigenvalue weighted by atomic mass is 10.0. The Bertz CT molecular complexity index is 718. The van der Waals surface area contributed by atoms with Crippen molar-refractivity contribution in [3.63, 3.8) is 0 Å². The number of fused-ring (bicyclic) bond motifs is 1. The summed E-state index contributed by atoms with van der Waals surface area (Å²) in [4.78, 5) is 33.4. The lowest BCUT2D eigenvalue weighted by Gasteiger charge is -2.31. The highest BCUT2D eigenvalue weighted by atomic mass is 16.2. The van der Waals surface area contributed by atoms with Crippen LogP contribution in [0.25, 0.3) is 11.3 Å². The monoisotopic (exact) mass is 326 g/mol. The highest BCUT2D eigenvalue weighted by molar-refractivity contribution is 5.79. The second kappa shape index (κ2) is 7.00. The molecule has 126 valence electrons. The smallest absolute Gasteiger partial charge is 0.237 e. The van der Waals surface area contributed by atoms with Crippen molar-refractivity contribution in [1.82, 2.24) is 29.7 Å². The first-order chi connectivity index (χ1) is 11.6. The van der Waals surface area contributed by atoms with Crippen molar-refractivity contribution < 1.29 is 4.79 Å². The van der Waals surface area contributed by atoms with E-state index in [1.54, 1.807) is 18.7 Å². The van der Waals surface area contributed by atoms with Gasteiger partial charge in [0.25, 0.3) is 0 Å². The molecule has 24 heavy (non-hydrogen) atoms. The Labute approximate surface area is 141 Å². The van der Waals surface area contributed by atoms with Gasteiger partial charge in [0, 0.05) is 49.1 Å². The van der Waals surface area contributed by atoms with E-state index in [2.05, 4.69) is 33.8 Å². The molecule has 0 fully saturated rings. The van der Waals surface area contributed by atoms with E-state index in [0.29, 0.717) is 25.7 Å². The molecule has 0 atom stereocenters. The molecule has 0 spiro atoms. The molecule has 0 bridgehead atoms. The highest BCUT2D eigenvalue weighted by Crippen LogP contribution is 2.26. The average Bonchev–Trinajstić information content (AvgIpc) is 2.61. The second-order valence-corrected chi connectivity index (χ2v) is 6.35. The van der Waals surface area contributed by atoms with E-state index >= 15 is 0 Å². The maximum Gasteiger partial charge on any atom is 0.237 e. The normalized spacial score (nSPS) is 14.1. The number of nitrogens with zero attached hydrogens (tertiary/aromatic N) is 6. The first-order valence-corrected chi connectivity index (χ1v) is 8.12. The summed E-state index contributed by atoms with van der Waals surface area (Å²) in [6.45, 7) is 5.81. The first-order valence-electron chi connectivity index (χ1n) is 8.12. The van der Waals surface area contributed by atoms with Crippen molar-refractivity contribution in [3.8, 4) is 11.3 Å². The molecule has 0 saturated carbocycles. The molecule has 1 aliphatic rings. The molecule has 2 aromatic rings. The third-order valence-corrected chi connectivity index (χ3v) is 4.46. The molecule has 3 rings (SSSR count). The van der Waals surface area contributed by atoms with E-state index in [9.17, 15) is 4.79 Å².